The Morgan fingerprint density at radius 2 is 1.85 bits per heavy atom. The second kappa shape index (κ2) is 2.62. The molecule has 0 heterocycles. The van der Waals surface area contributed by atoms with Gasteiger partial charge in [-0.2, -0.15) is 13.2 Å². The van der Waals surface area contributed by atoms with Crippen molar-refractivity contribution >= 4 is 0 Å². The zero-order chi connectivity index (χ0) is 9.69. The first-order valence-electron chi connectivity index (χ1n) is 4.76. The van der Waals surface area contributed by atoms with Crippen molar-refractivity contribution in [2.24, 2.45) is 17.1 Å². The van der Waals surface area contributed by atoms with Crippen LogP contribution in [0.4, 0.5) is 13.2 Å². The van der Waals surface area contributed by atoms with Gasteiger partial charge in [-0.3, -0.25) is 0 Å². The van der Waals surface area contributed by atoms with E-state index in [9.17, 15) is 13.2 Å². The zero-order valence-electron chi connectivity index (χ0n) is 7.40. The Morgan fingerprint density at radius 3 is 2.31 bits per heavy atom. The average molecular weight is 193 g/mol. The Hall–Kier alpha value is -0.250. The third-order valence-electron chi connectivity index (χ3n) is 3.60. The fourth-order valence-corrected chi connectivity index (χ4v) is 2.58. The molecular formula is C9H14F3N. The number of hydrogen-bond acceptors (Lipinski definition) is 1. The molecule has 0 aromatic rings. The van der Waals surface area contributed by atoms with E-state index in [1.165, 1.54) is 0 Å². The predicted molar refractivity (Wildman–Crippen MR) is 43.0 cm³/mol. The van der Waals surface area contributed by atoms with Gasteiger partial charge < -0.3 is 5.73 Å². The van der Waals surface area contributed by atoms with Crippen molar-refractivity contribution in [3.8, 4) is 0 Å². The maximum atomic E-state index is 12.4. The highest BCUT2D eigenvalue weighted by molar-refractivity contribution is 5.08. The highest BCUT2D eigenvalue weighted by atomic mass is 19.4. The van der Waals surface area contributed by atoms with Gasteiger partial charge in [0.2, 0.25) is 0 Å². The molecule has 0 aromatic heterocycles. The van der Waals surface area contributed by atoms with Crippen LogP contribution in [-0.4, -0.2) is 12.2 Å². The summed E-state index contributed by atoms with van der Waals surface area (Å²) in [6, 6.07) is 0.0395. The van der Waals surface area contributed by atoms with Gasteiger partial charge in [-0.1, -0.05) is 6.42 Å². The fourth-order valence-electron chi connectivity index (χ4n) is 2.58. The number of rotatable bonds is 0. The van der Waals surface area contributed by atoms with Gasteiger partial charge in [0, 0.05) is 6.04 Å². The van der Waals surface area contributed by atoms with Gasteiger partial charge >= 0.3 is 6.18 Å². The summed E-state index contributed by atoms with van der Waals surface area (Å²) in [4.78, 5) is 0. The maximum Gasteiger partial charge on any atom is 0.391 e. The molecule has 1 spiro atoms. The van der Waals surface area contributed by atoms with Crippen molar-refractivity contribution in [1.82, 2.24) is 0 Å². The fraction of sp³-hybridized carbons (Fsp3) is 1.00. The van der Waals surface area contributed by atoms with Crippen LogP contribution in [0.2, 0.25) is 0 Å². The second-order valence-electron chi connectivity index (χ2n) is 4.51. The van der Waals surface area contributed by atoms with Crippen LogP contribution >= 0.6 is 0 Å². The van der Waals surface area contributed by atoms with Gasteiger partial charge in [0.05, 0.1) is 5.92 Å². The van der Waals surface area contributed by atoms with Crippen molar-refractivity contribution < 1.29 is 13.2 Å². The van der Waals surface area contributed by atoms with Gasteiger partial charge in [-0.05, 0) is 31.1 Å². The first kappa shape index (κ1) is 9.31. The van der Waals surface area contributed by atoms with E-state index in [2.05, 4.69) is 0 Å². The SMILES string of the molecule is N[C@H]1C[C@@]12CCC[C@H](C(F)(F)F)C2. The molecule has 0 saturated heterocycles. The Bertz CT molecular complexity index is 213. The van der Waals surface area contributed by atoms with Gasteiger partial charge in [0.15, 0.2) is 0 Å². The normalized spacial score (nSPS) is 45.2. The largest absolute Gasteiger partial charge is 0.391 e. The number of hydrogen-bond donors (Lipinski definition) is 1. The number of halogens is 3. The summed E-state index contributed by atoms with van der Waals surface area (Å²) in [6.07, 6.45) is -1.02. The first-order valence-corrected chi connectivity index (χ1v) is 4.76. The lowest BCUT2D eigenvalue weighted by Gasteiger charge is -2.31. The highest BCUT2D eigenvalue weighted by Crippen LogP contribution is 2.58. The molecular weight excluding hydrogens is 179 g/mol. The topological polar surface area (TPSA) is 26.0 Å². The van der Waals surface area contributed by atoms with E-state index in [1.807, 2.05) is 0 Å². The molecule has 0 radical (unpaired) electrons. The van der Waals surface area contributed by atoms with Crippen molar-refractivity contribution in [2.45, 2.75) is 44.3 Å². The van der Waals surface area contributed by atoms with E-state index in [0.29, 0.717) is 12.8 Å². The summed E-state index contributed by atoms with van der Waals surface area (Å²) in [7, 11) is 0. The van der Waals surface area contributed by atoms with E-state index in [-0.39, 0.29) is 17.9 Å². The van der Waals surface area contributed by atoms with E-state index in [0.717, 1.165) is 12.8 Å². The molecule has 0 aliphatic heterocycles. The molecule has 3 atom stereocenters. The minimum Gasteiger partial charge on any atom is -0.327 e. The molecule has 0 unspecified atom stereocenters. The van der Waals surface area contributed by atoms with Crippen LogP contribution in [0.25, 0.3) is 0 Å². The summed E-state index contributed by atoms with van der Waals surface area (Å²) >= 11 is 0. The molecule has 76 valence electrons. The summed E-state index contributed by atoms with van der Waals surface area (Å²) < 4.78 is 37.2. The average Bonchev–Trinajstić information content (AvgIpc) is 2.59. The van der Waals surface area contributed by atoms with Gasteiger partial charge in [-0.15, -0.1) is 0 Å². The van der Waals surface area contributed by atoms with Crippen LogP contribution in [0.1, 0.15) is 32.1 Å². The van der Waals surface area contributed by atoms with Crippen LogP contribution in [0.15, 0.2) is 0 Å². The third-order valence-corrected chi connectivity index (χ3v) is 3.60. The molecule has 4 heteroatoms. The van der Waals surface area contributed by atoms with Gasteiger partial charge in [0.1, 0.15) is 0 Å². The monoisotopic (exact) mass is 193 g/mol. The quantitative estimate of drug-likeness (QED) is 0.628. The van der Waals surface area contributed by atoms with Crippen LogP contribution < -0.4 is 5.73 Å². The number of nitrogens with two attached hydrogens (primary N) is 1. The molecule has 13 heavy (non-hydrogen) atoms. The highest BCUT2D eigenvalue weighted by Gasteiger charge is 2.57. The zero-order valence-corrected chi connectivity index (χ0v) is 7.40. The van der Waals surface area contributed by atoms with Crippen molar-refractivity contribution in [3.05, 3.63) is 0 Å². The van der Waals surface area contributed by atoms with Crippen molar-refractivity contribution in [3.63, 3.8) is 0 Å². The lowest BCUT2D eigenvalue weighted by atomic mass is 9.78. The molecule has 0 amide bonds. The summed E-state index contributed by atoms with van der Waals surface area (Å²) in [5.74, 6) is -1.09. The molecule has 0 bridgehead atoms. The van der Waals surface area contributed by atoms with E-state index < -0.39 is 12.1 Å². The Kier molecular flexibility index (Phi) is 1.88. The van der Waals surface area contributed by atoms with E-state index in [4.69, 9.17) is 5.73 Å². The molecule has 2 N–H and O–H groups in total. The maximum absolute atomic E-state index is 12.4. The second-order valence-corrected chi connectivity index (χ2v) is 4.51. The van der Waals surface area contributed by atoms with Gasteiger partial charge in [0.25, 0.3) is 0 Å². The standard InChI is InChI=1S/C9H14F3N/c10-9(11,12)6-2-1-3-8(4-6)5-7(8)13/h6-7H,1-5,13H2/t6-,7-,8-/m0/s1. The molecule has 1 nitrogen and oxygen atoms in total. The minimum absolute atomic E-state index is 0.0395. The van der Waals surface area contributed by atoms with Crippen LogP contribution in [0.5, 0.6) is 0 Å². The molecule has 2 rings (SSSR count). The lowest BCUT2D eigenvalue weighted by Crippen LogP contribution is -2.31. The van der Waals surface area contributed by atoms with Crippen LogP contribution in [0, 0.1) is 11.3 Å². The lowest BCUT2D eigenvalue weighted by molar-refractivity contribution is -0.187. The van der Waals surface area contributed by atoms with E-state index in [1.54, 1.807) is 0 Å². The Labute approximate surface area is 75.5 Å². The molecule has 2 aliphatic carbocycles. The summed E-state index contributed by atoms with van der Waals surface area (Å²) in [5, 5.41) is 0. The Morgan fingerprint density at radius 1 is 1.23 bits per heavy atom. The third kappa shape index (κ3) is 1.56. The van der Waals surface area contributed by atoms with Crippen LogP contribution in [-0.2, 0) is 0 Å². The molecule has 2 saturated carbocycles. The predicted octanol–water partition coefficient (Wildman–Crippen LogP) is 2.46. The minimum atomic E-state index is -4.00. The number of alkyl halides is 3. The van der Waals surface area contributed by atoms with Gasteiger partial charge in [-0.25, -0.2) is 0 Å². The summed E-state index contributed by atoms with van der Waals surface area (Å²) in [6.45, 7) is 0. The molecule has 2 aliphatic rings. The molecule has 0 aromatic carbocycles. The Balaban J connectivity index is 2.01. The first-order chi connectivity index (χ1) is 5.94. The molecule has 2 fully saturated rings. The van der Waals surface area contributed by atoms with Crippen LogP contribution in [0.3, 0.4) is 0 Å². The summed E-state index contributed by atoms with van der Waals surface area (Å²) in [5.41, 5.74) is 5.54. The smallest absolute Gasteiger partial charge is 0.327 e. The van der Waals surface area contributed by atoms with Crippen molar-refractivity contribution in [1.29, 1.82) is 0 Å². The van der Waals surface area contributed by atoms with Crippen molar-refractivity contribution in [2.75, 3.05) is 0 Å². The van der Waals surface area contributed by atoms with E-state index >= 15 is 0 Å².